The van der Waals surface area contributed by atoms with Gasteiger partial charge in [-0.25, -0.2) is 9.97 Å². The summed E-state index contributed by atoms with van der Waals surface area (Å²) < 4.78 is 5.51. The number of nitrogens with one attached hydrogen (secondary N) is 1. The van der Waals surface area contributed by atoms with E-state index in [0.29, 0.717) is 10.7 Å². The largest absolute Gasteiger partial charge is 0.495 e. The summed E-state index contributed by atoms with van der Waals surface area (Å²) in [6, 6.07) is 13.6. The summed E-state index contributed by atoms with van der Waals surface area (Å²) in [4.78, 5) is 26.1. The number of halogens is 1. The van der Waals surface area contributed by atoms with Crippen LogP contribution in [0.25, 0.3) is 0 Å². The van der Waals surface area contributed by atoms with Crippen LogP contribution in [0.15, 0.2) is 59.9 Å². The molecule has 7 nitrogen and oxygen atoms in total. The fraction of sp³-hybridized carbons (Fsp3) is 0.292. The van der Waals surface area contributed by atoms with Crippen LogP contribution in [0.5, 0.6) is 5.75 Å². The van der Waals surface area contributed by atoms with Gasteiger partial charge in [-0.15, -0.1) is 0 Å². The molecular weight excluding hydrogens is 458 g/mol. The molecule has 172 valence electrons. The Bertz CT molecular complexity index is 1120. The third-order valence-electron chi connectivity index (χ3n) is 5.45. The number of benzene rings is 2. The number of hydrogen-bond donors (Lipinski definition) is 1. The summed E-state index contributed by atoms with van der Waals surface area (Å²) in [7, 11) is 1.70. The summed E-state index contributed by atoms with van der Waals surface area (Å²) in [6.07, 6.45) is 3.36. The van der Waals surface area contributed by atoms with Gasteiger partial charge < -0.3 is 19.9 Å². The van der Waals surface area contributed by atoms with Crippen LogP contribution in [0, 0.1) is 6.92 Å². The van der Waals surface area contributed by atoms with Crippen molar-refractivity contribution in [2.75, 3.05) is 54.2 Å². The highest BCUT2D eigenvalue weighted by atomic mass is 35.5. The zero-order chi connectivity index (χ0) is 23.2. The van der Waals surface area contributed by atoms with Crippen LogP contribution < -0.4 is 19.9 Å². The van der Waals surface area contributed by atoms with E-state index in [1.165, 1.54) is 11.8 Å². The molecule has 0 aliphatic carbocycles. The third kappa shape index (κ3) is 5.69. The lowest BCUT2D eigenvalue weighted by molar-refractivity contribution is -0.113. The summed E-state index contributed by atoms with van der Waals surface area (Å²) in [6.45, 7) is 5.22. The number of carbonyl (C=O) groups excluding carboxylic acids is 1. The smallest absolute Gasteiger partial charge is 0.234 e. The average Bonchev–Trinajstić information content (AvgIpc) is 2.85. The van der Waals surface area contributed by atoms with Crippen LogP contribution in [0.1, 0.15) is 5.56 Å². The first-order valence-electron chi connectivity index (χ1n) is 10.7. The fourth-order valence-corrected chi connectivity index (χ4v) is 4.66. The van der Waals surface area contributed by atoms with Gasteiger partial charge in [-0.2, -0.15) is 0 Å². The Hall–Kier alpha value is -2.97. The molecule has 0 radical (unpaired) electrons. The lowest BCUT2D eigenvalue weighted by Gasteiger charge is -2.37. The van der Waals surface area contributed by atoms with Crippen LogP contribution in [-0.2, 0) is 4.79 Å². The number of amides is 1. The molecule has 0 unspecified atom stereocenters. The van der Waals surface area contributed by atoms with Gasteiger partial charge in [0.2, 0.25) is 5.91 Å². The van der Waals surface area contributed by atoms with E-state index >= 15 is 0 Å². The van der Waals surface area contributed by atoms with E-state index in [0.717, 1.165) is 54.0 Å². The molecule has 1 N–H and O–H groups in total. The van der Waals surface area contributed by atoms with Gasteiger partial charge in [0, 0.05) is 49.3 Å². The molecule has 1 aliphatic heterocycles. The molecule has 1 aliphatic rings. The molecule has 2 heterocycles. The van der Waals surface area contributed by atoms with E-state index < -0.39 is 0 Å². The van der Waals surface area contributed by atoms with E-state index in [-0.39, 0.29) is 11.7 Å². The molecule has 2 aromatic carbocycles. The number of hydrogen-bond acceptors (Lipinski definition) is 7. The number of carbonyl (C=O) groups is 1. The monoisotopic (exact) mass is 483 g/mol. The van der Waals surface area contributed by atoms with E-state index in [1.54, 1.807) is 25.6 Å². The molecule has 0 spiro atoms. The molecule has 0 bridgehead atoms. The molecule has 4 rings (SSSR count). The lowest BCUT2D eigenvalue weighted by Crippen LogP contribution is -2.47. The first-order valence-corrected chi connectivity index (χ1v) is 12.0. The van der Waals surface area contributed by atoms with Crippen molar-refractivity contribution in [2.24, 2.45) is 0 Å². The summed E-state index contributed by atoms with van der Waals surface area (Å²) in [5.41, 5.74) is 2.75. The highest BCUT2D eigenvalue weighted by Gasteiger charge is 2.23. The highest BCUT2D eigenvalue weighted by Crippen LogP contribution is 2.31. The normalized spacial score (nSPS) is 13.7. The molecule has 1 saturated heterocycles. The molecule has 1 fully saturated rings. The molecular formula is C24H26ClN5O2S. The second-order valence-corrected chi connectivity index (χ2v) is 9.00. The number of methoxy groups -OCH3 is 1. The number of anilines is 3. The van der Waals surface area contributed by atoms with E-state index in [9.17, 15) is 4.79 Å². The zero-order valence-corrected chi connectivity index (χ0v) is 20.2. The van der Waals surface area contributed by atoms with Crippen LogP contribution in [-0.4, -0.2) is 54.9 Å². The van der Waals surface area contributed by atoms with E-state index in [2.05, 4.69) is 31.2 Å². The predicted molar refractivity (Wildman–Crippen MR) is 135 cm³/mol. The maximum absolute atomic E-state index is 12.5. The van der Waals surface area contributed by atoms with Gasteiger partial charge >= 0.3 is 0 Å². The van der Waals surface area contributed by atoms with Crippen LogP contribution >= 0.6 is 23.4 Å². The van der Waals surface area contributed by atoms with Gasteiger partial charge in [0.05, 0.1) is 18.6 Å². The molecule has 9 heteroatoms. The Morgan fingerprint density at radius 2 is 1.82 bits per heavy atom. The zero-order valence-electron chi connectivity index (χ0n) is 18.6. The van der Waals surface area contributed by atoms with Gasteiger partial charge in [-0.05, 0) is 36.8 Å². The highest BCUT2D eigenvalue weighted by molar-refractivity contribution is 8.00. The molecule has 3 aromatic rings. The minimum absolute atomic E-state index is 0.113. The predicted octanol–water partition coefficient (Wildman–Crippen LogP) is 4.50. The maximum atomic E-state index is 12.5. The number of ether oxygens (including phenoxy) is 1. The lowest BCUT2D eigenvalue weighted by atomic mass is 10.2. The molecule has 1 amide bonds. The minimum atomic E-state index is -0.113. The number of rotatable bonds is 7. The van der Waals surface area contributed by atoms with Gasteiger partial charge in [0.25, 0.3) is 0 Å². The molecule has 0 atom stereocenters. The van der Waals surface area contributed by atoms with Crippen molar-refractivity contribution in [3.8, 4) is 5.75 Å². The Labute approximate surface area is 203 Å². The van der Waals surface area contributed by atoms with Crippen molar-refractivity contribution in [3.05, 3.63) is 65.4 Å². The number of thioether (sulfide) groups is 1. The molecule has 1 aromatic heterocycles. The van der Waals surface area contributed by atoms with Crippen LogP contribution in [0.4, 0.5) is 17.2 Å². The van der Waals surface area contributed by atoms with Crippen molar-refractivity contribution >= 4 is 46.5 Å². The van der Waals surface area contributed by atoms with Crippen molar-refractivity contribution in [3.63, 3.8) is 0 Å². The first kappa shape index (κ1) is 23.2. The van der Waals surface area contributed by atoms with E-state index in [1.807, 2.05) is 37.3 Å². The molecule has 33 heavy (non-hydrogen) atoms. The quantitative estimate of drug-likeness (QED) is 0.496. The second-order valence-electron chi connectivity index (χ2n) is 7.63. The standard InChI is InChI=1S/C24H26ClN5O2S/c1-17-7-8-18(15-19(17)25)28-22(31)16-33-24-23(26-9-10-27-24)30-13-11-29(12-14-30)20-5-3-4-6-21(20)32-2/h3-10,15H,11-14,16H2,1-2H3,(H,28,31). The van der Waals surface area contributed by atoms with Crippen LogP contribution in [0.3, 0.4) is 0 Å². The topological polar surface area (TPSA) is 70.6 Å². The second kappa shape index (κ2) is 10.8. The number of piperazine rings is 1. The van der Waals surface area contributed by atoms with Crippen molar-refractivity contribution in [1.82, 2.24) is 9.97 Å². The Kier molecular flexibility index (Phi) is 7.57. The number of nitrogens with zero attached hydrogens (tertiary/aromatic N) is 4. The third-order valence-corrected chi connectivity index (χ3v) is 6.82. The number of aryl methyl sites for hydroxylation is 1. The van der Waals surface area contributed by atoms with Crippen molar-refractivity contribution in [1.29, 1.82) is 0 Å². The van der Waals surface area contributed by atoms with Gasteiger partial charge in [0.1, 0.15) is 10.8 Å². The summed E-state index contributed by atoms with van der Waals surface area (Å²) in [5, 5.41) is 4.27. The van der Waals surface area contributed by atoms with Gasteiger partial charge in [-0.1, -0.05) is 41.6 Å². The van der Waals surface area contributed by atoms with Crippen molar-refractivity contribution < 1.29 is 9.53 Å². The number of para-hydroxylation sites is 2. The summed E-state index contributed by atoms with van der Waals surface area (Å²) >= 11 is 7.54. The SMILES string of the molecule is COc1ccccc1N1CCN(c2nccnc2SCC(=O)Nc2ccc(C)c(Cl)c2)CC1. The average molecular weight is 484 g/mol. The minimum Gasteiger partial charge on any atom is -0.495 e. The first-order chi connectivity index (χ1) is 16.0. The van der Waals surface area contributed by atoms with Crippen LogP contribution in [0.2, 0.25) is 5.02 Å². The number of aromatic nitrogens is 2. The summed E-state index contributed by atoms with van der Waals surface area (Å²) in [5.74, 6) is 1.81. The van der Waals surface area contributed by atoms with E-state index in [4.69, 9.17) is 16.3 Å². The fourth-order valence-electron chi connectivity index (χ4n) is 3.69. The Morgan fingerprint density at radius 3 is 2.58 bits per heavy atom. The maximum Gasteiger partial charge on any atom is 0.234 e. The van der Waals surface area contributed by atoms with Gasteiger partial charge in [-0.3, -0.25) is 4.79 Å². The Morgan fingerprint density at radius 1 is 1.09 bits per heavy atom. The van der Waals surface area contributed by atoms with Crippen molar-refractivity contribution in [2.45, 2.75) is 11.9 Å². The Balaban J connectivity index is 1.37. The van der Waals surface area contributed by atoms with Gasteiger partial charge in [0.15, 0.2) is 5.82 Å². The molecule has 0 saturated carbocycles.